The number of benzene rings is 1. The molecule has 0 radical (unpaired) electrons. The minimum absolute atomic E-state index is 0.346. The minimum atomic E-state index is -0.657. The molecule has 2 rings (SSSR count). The summed E-state index contributed by atoms with van der Waals surface area (Å²) < 4.78 is 12.8. The van der Waals surface area contributed by atoms with Gasteiger partial charge in [-0.1, -0.05) is 12.2 Å². The first kappa shape index (κ1) is 7.98. The number of allylic oxidation sites excluding steroid dienone is 1. The number of carbonyl (C=O) groups excluding carboxylic acids is 1. The molecule has 1 aromatic rings. The zero-order chi connectivity index (χ0) is 9.42. The fraction of sp³-hybridized carbons (Fsp3) is 0.100. The molecule has 0 heterocycles. The molecular formula is C10H7FO2. The minimum Gasteiger partial charge on any atom is -0.505 e. The highest BCUT2D eigenvalue weighted by Gasteiger charge is 2.18. The Morgan fingerprint density at radius 3 is 2.92 bits per heavy atom. The van der Waals surface area contributed by atoms with Crippen molar-refractivity contribution in [3.8, 4) is 5.75 Å². The standard InChI is InChI=1S/C10H7FO2/c11-9-3-6-1-2-7(5-12)8(6)4-10(9)13/h1-5,7,13H. The summed E-state index contributed by atoms with van der Waals surface area (Å²) >= 11 is 0. The van der Waals surface area contributed by atoms with Gasteiger partial charge in [0.1, 0.15) is 6.29 Å². The molecule has 1 N–H and O–H groups in total. The van der Waals surface area contributed by atoms with Crippen LogP contribution in [0, 0.1) is 5.82 Å². The zero-order valence-corrected chi connectivity index (χ0v) is 6.70. The van der Waals surface area contributed by atoms with Gasteiger partial charge < -0.3 is 9.90 Å². The van der Waals surface area contributed by atoms with Crippen LogP contribution >= 0.6 is 0 Å². The molecule has 13 heavy (non-hydrogen) atoms. The number of aldehydes is 1. The van der Waals surface area contributed by atoms with E-state index in [1.807, 2.05) is 0 Å². The molecule has 2 nitrogen and oxygen atoms in total. The summed E-state index contributed by atoms with van der Waals surface area (Å²) in [4.78, 5) is 10.5. The van der Waals surface area contributed by atoms with E-state index in [9.17, 15) is 9.18 Å². The van der Waals surface area contributed by atoms with E-state index in [4.69, 9.17) is 5.11 Å². The normalized spacial score (nSPS) is 18.7. The monoisotopic (exact) mass is 178 g/mol. The summed E-state index contributed by atoms with van der Waals surface area (Å²) in [5, 5.41) is 9.08. The average Bonchev–Trinajstić information content (AvgIpc) is 2.48. The Morgan fingerprint density at radius 2 is 2.23 bits per heavy atom. The molecule has 66 valence electrons. The van der Waals surface area contributed by atoms with Crippen molar-refractivity contribution in [3.05, 3.63) is 35.2 Å². The largest absolute Gasteiger partial charge is 0.505 e. The third-order valence-corrected chi connectivity index (χ3v) is 2.14. The number of aromatic hydroxyl groups is 1. The van der Waals surface area contributed by atoms with Crippen molar-refractivity contribution < 1.29 is 14.3 Å². The lowest BCUT2D eigenvalue weighted by Gasteiger charge is -2.04. The van der Waals surface area contributed by atoms with E-state index in [1.165, 1.54) is 12.1 Å². The molecule has 1 aliphatic rings. The van der Waals surface area contributed by atoms with Crippen LogP contribution in [0.15, 0.2) is 18.2 Å². The van der Waals surface area contributed by atoms with Gasteiger partial charge in [-0.3, -0.25) is 0 Å². The van der Waals surface area contributed by atoms with Gasteiger partial charge in [0.25, 0.3) is 0 Å². The lowest BCUT2D eigenvalue weighted by molar-refractivity contribution is -0.108. The van der Waals surface area contributed by atoms with Crippen LogP contribution in [0.1, 0.15) is 17.0 Å². The zero-order valence-electron chi connectivity index (χ0n) is 6.70. The summed E-state index contributed by atoms with van der Waals surface area (Å²) in [6, 6.07) is 2.52. The van der Waals surface area contributed by atoms with Crippen LogP contribution in [0.25, 0.3) is 6.08 Å². The summed E-state index contributed by atoms with van der Waals surface area (Å²) in [6.07, 6.45) is 4.12. The van der Waals surface area contributed by atoms with Gasteiger partial charge in [0.2, 0.25) is 0 Å². The average molecular weight is 178 g/mol. The molecule has 0 saturated heterocycles. The highest BCUT2D eigenvalue weighted by atomic mass is 19.1. The van der Waals surface area contributed by atoms with E-state index in [0.717, 1.165) is 6.29 Å². The van der Waals surface area contributed by atoms with Crippen LogP contribution in [0.4, 0.5) is 4.39 Å². The Balaban J connectivity index is 2.58. The second kappa shape index (κ2) is 2.69. The SMILES string of the molecule is O=CC1C=Cc2cc(F)c(O)cc21. The van der Waals surface area contributed by atoms with E-state index in [-0.39, 0.29) is 5.92 Å². The molecule has 0 aromatic heterocycles. The highest BCUT2D eigenvalue weighted by Crippen LogP contribution is 2.32. The maximum absolute atomic E-state index is 12.8. The smallest absolute Gasteiger partial charge is 0.165 e. The molecular weight excluding hydrogens is 171 g/mol. The molecule has 0 saturated carbocycles. The first-order valence-electron chi connectivity index (χ1n) is 3.88. The number of carbonyl (C=O) groups is 1. The van der Waals surface area contributed by atoms with Crippen molar-refractivity contribution in [3.63, 3.8) is 0 Å². The number of rotatable bonds is 1. The Labute approximate surface area is 74.3 Å². The first-order chi connectivity index (χ1) is 6.22. The lowest BCUT2D eigenvalue weighted by atomic mass is 10.0. The van der Waals surface area contributed by atoms with Crippen LogP contribution in [-0.2, 0) is 4.79 Å². The Hall–Kier alpha value is -1.64. The van der Waals surface area contributed by atoms with Crippen LogP contribution in [0.2, 0.25) is 0 Å². The fourth-order valence-corrected chi connectivity index (χ4v) is 1.46. The summed E-state index contributed by atoms with van der Waals surface area (Å²) in [6.45, 7) is 0. The molecule has 0 fully saturated rings. The molecule has 0 bridgehead atoms. The predicted octanol–water partition coefficient (Wildman–Crippen LogP) is 1.84. The topological polar surface area (TPSA) is 37.3 Å². The van der Waals surface area contributed by atoms with Gasteiger partial charge in [-0.2, -0.15) is 0 Å². The van der Waals surface area contributed by atoms with E-state index in [1.54, 1.807) is 12.2 Å². The van der Waals surface area contributed by atoms with Crippen LogP contribution in [0.5, 0.6) is 5.75 Å². The Morgan fingerprint density at radius 1 is 1.46 bits per heavy atom. The van der Waals surface area contributed by atoms with Crippen LogP contribution < -0.4 is 0 Å². The van der Waals surface area contributed by atoms with Crippen LogP contribution in [0.3, 0.4) is 0 Å². The molecule has 0 aliphatic heterocycles. The maximum Gasteiger partial charge on any atom is 0.165 e. The van der Waals surface area contributed by atoms with Crippen molar-refractivity contribution in [2.24, 2.45) is 0 Å². The van der Waals surface area contributed by atoms with Gasteiger partial charge in [0.05, 0.1) is 5.92 Å². The van der Waals surface area contributed by atoms with Crippen molar-refractivity contribution >= 4 is 12.4 Å². The van der Waals surface area contributed by atoms with Crippen LogP contribution in [-0.4, -0.2) is 11.4 Å². The molecule has 1 atom stereocenters. The van der Waals surface area contributed by atoms with E-state index in [0.29, 0.717) is 11.1 Å². The Bertz CT molecular complexity index is 396. The molecule has 0 spiro atoms. The number of fused-ring (bicyclic) bond motifs is 1. The van der Waals surface area contributed by atoms with E-state index >= 15 is 0 Å². The number of hydrogen-bond acceptors (Lipinski definition) is 2. The number of phenolic OH excluding ortho intramolecular Hbond substituents is 1. The number of hydrogen-bond donors (Lipinski definition) is 1. The summed E-state index contributed by atoms with van der Waals surface area (Å²) in [7, 11) is 0. The van der Waals surface area contributed by atoms with E-state index < -0.39 is 11.6 Å². The third-order valence-electron chi connectivity index (χ3n) is 2.14. The van der Waals surface area contributed by atoms with Gasteiger partial charge in [-0.15, -0.1) is 0 Å². The second-order valence-electron chi connectivity index (χ2n) is 2.95. The lowest BCUT2D eigenvalue weighted by Crippen LogP contribution is -1.94. The maximum atomic E-state index is 12.8. The van der Waals surface area contributed by atoms with Crippen molar-refractivity contribution in [1.29, 1.82) is 0 Å². The van der Waals surface area contributed by atoms with Crippen molar-refractivity contribution in [1.82, 2.24) is 0 Å². The molecule has 3 heteroatoms. The third kappa shape index (κ3) is 1.13. The van der Waals surface area contributed by atoms with Gasteiger partial charge in [-0.05, 0) is 23.3 Å². The fourth-order valence-electron chi connectivity index (χ4n) is 1.46. The van der Waals surface area contributed by atoms with Crippen molar-refractivity contribution in [2.45, 2.75) is 5.92 Å². The second-order valence-corrected chi connectivity index (χ2v) is 2.95. The van der Waals surface area contributed by atoms with Gasteiger partial charge in [0, 0.05) is 0 Å². The predicted molar refractivity (Wildman–Crippen MR) is 45.9 cm³/mol. The molecule has 1 unspecified atom stereocenters. The summed E-state index contributed by atoms with van der Waals surface area (Å²) in [5.74, 6) is -1.41. The summed E-state index contributed by atoms with van der Waals surface area (Å²) in [5.41, 5.74) is 1.32. The number of phenols is 1. The molecule has 1 aromatic carbocycles. The Kier molecular flexibility index (Phi) is 1.65. The van der Waals surface area contributed by atoms with Gasteiger partial charge in [-0.25, -0.2) is 4.39 Å². The number of halogens is 1. The highest BCUT2D eigenvalue weighted by molar-refractivity contribution is 5.77. The van der Waals surface area contributed by atoms with E-state index in [2.05, 4.69) is 0 Å². The molecule has 1 aliphatic carbocycles. The quantitative estimate of drug-likeness (QED) is 0.666. The van der Waals surface area contributed by atoms with Gasteiger partial charge in [0.15, 0.2) is 11.6 Å². The van der Waals surface area contributed by atoms with Crippen molar-refractivity contribution in [2.75, 3.05) is 0 Å². The first-order valence-corrected chi connectivity index (χ1v) is 3.88. The van der Waals surface area contributed by atoms with Gasteiger partial charge >= 0.3 is 0 Å². The molecule has 0 amide bonds.